The first-order valence-corrected chi connectivity index (χ1v) is 6.65. The fourth-order valence-electron chi connectivity index (χ4n) is 1.10. The van der Waals surface area contributed by atoms with Crippen molar-refractivity contribution in [3.8, 4) is 0 Å². The number of nitrogens with one attached hydrogen (secondary N) is 1. The molecule has 0 radical (unpaired) electrons. The predicted molar refractivity (Wildman–Crippen MR) is 74.2 cm³/mol. The van der Waals surface area contributed by atoms with E-state index in [4.69, 9.17) is 11.6 Å². The second kappa shape index (κ2) is 5.11. The highest BCUT2D eigenvalue weighted by atomic mass is 127. The molecule has 0 saturated heterocycles. The zero-order chi connectivity index (χ0) is 11.5. The molecule has 16 heavy (non-hydrogen) atoms. The average molecular weight is 365 g/mol. The van der Waals surface area contributed by atoms with Gasteiger partial charge < -0.3 is 5.32 Å². The maximum atomic E-state index is 11.7. The number of carbonyl (C=O) groups excluding carboxylic acids is 1. The summed E-state index contributed by atoms with van der Waals surface area (Å²) in [6.07, 6.45) is 1.54. The van der Waals surface area contributed by atoms with Crippen molar-refractivity contribution in [3.05, 3.63) is 43.4 Å². The summed E-state index contributed by atoms with van der Waals surface area (Å²) in [6.45, 7) is 0. The first-order chi connectivity index (χ1) is 7.66. The van der Waals surface area contributed by atoms with Gasteiger partial charge in [-0.2, -0.15) is 0 Å². The van der Waals surface area contributed by atoms with Crippen LogP contribution in [0.5, 0.6) is 0 Å². The van der Waals surface area contributed by atoms with Crippen molar-refractivity contribution in [2.24, 2.45) is 0 Å². The second-order valence-corrected chi connectivity index (χ2v) is 5.43. The normalized spacial score (nSPS) is 10.1. The van der Waals surface area contributed by atoms with E-state index >= 15 is 0 Å². The highest BCUT2D eigenvalue weighted by Gasteiger charge is 2.09. The molecule has 3 nitrogen and oxygen atoms in total. The lowest BCUT2D eigenvalue weighted by Gasteiger charge is -2.05. The molecule has 0 spiro atoms. The van der Waals surface area contributed by atoms with Crippen LogP contribution in [-0.4, -0.2) is 10.9 Å². The highest BCUT2D eigenvalue weighted by Crippen LogP contribution is 2.23. The Morgan fingerprint density at radius 1 is 1.50 bits per heavy atom. The number of benzene rings is 1. The minimum Gasteiger partial charge on any atom is -0.320 e. The van der Waals surface area contributed by atoms with Crippen molar-refractivity contribution in [2.75, 3.05) is 5.32 Å². The SMILES string of the molecule is O=C(Nc1ccc(Cl)cc1I)c1cncs1. The Kier molecular flexibility index (Phi) is 3.78. The smallest absolute Gasteiger partial charge is 0.267 e. The molecule has 0 fully saturated rings. The third kappa shape index (κ3) is 2.72. The molecule has 0 unspecified atom stereocenters. The Bertz CT molecular complexity index is 516. The van der Waals surface area contributed by atoms with E-state index in [0.717, 1.165) is 9.26 Å². The molecule has 0 atom stereocenters. The number of aromatic nitrogens is 1. The molecule has 1 aromatic heterocycles. The van der Waals surface area contributed by atoms with Crippen molar-refractivity contribution in [1.82, 2.24) is 4.98 Å². The van der Waals surface area contributed by atoms with E-state index in [1.807, 2.05) is 0 Å². The van der Waals surface area contributed by atoms with E-state index in [0.29, 0.717) is 9.90 Å². The number of amides is 1. The lowest BCUT2D eigenvalue weighted by Crippen LogP contribution is -2.11. The Morgan fingerprint density at radius 3 is 2.94 bits per heavy atom. The molecule has 82 valence electrons. The molecule has 1 aromatic carbocycles. The topological polar surface area (TPSA) is 42.0 Å². The van der Waals surface area contributed by atoms with Crippen LogP contribution in [0.4, 0.5) is 5.69 Å². The maximum Gasteiger partial charge on any atom is 0.267 e. The van der Waals surface area contributed by atoms with Crippen molar-refractivity contribution in [2.45, 2.75) is 0 Å². The number of anilines is 1. The van der Waals surface area contributed by atoms with Crippen molar-refractivity contribution < 1.29 is 4.79 Å². The van der Waals surface area contributed by atoms with Crippen LogP contribution in [0.15, 0.2) is 29.9 Å². The molecule has 0 saturated carbocycles. The molecule has 1 amide bonds. The van der Waals surface area contributed by atoms with E-state index in [9.17, 15) is 4.79 Å². The molecule has 2 aromatic rings. The fraction of sp³-hybridized carbons (Fsp3) is 0. The van der Waals surface area contributed by atoms with Crippen molar-refractivity contribution >= 4 is 57.1 Å². The van der Waals surface area contributed by atoms with E-state index in [1.54, 1.807) is 29.9 Å². The van der Waals surface area contributed by atoms with Gasteiger partial charge in [0.1, 0.15) is 4.88 Å². The van der Waals surface area contributed by atoms with Gasteiger partial charge in [-0.1, -0.05) is 11.6 Å². The monoisotopic (exact) mass is 364 g/mol. The molecule has 6 heteroatoms. The van der Waals surface area contributed by atoms with Gasteiger partial charge >= 0.3 is 0 Å². The Balaban J connectivity index is 2.18. The van der Waals surface area contributed by atoms with E-state index < -0.39 is 0 Å². The number of rotatable bonds is 2. The van der Waals surface area contributed by atoms with Crippen LogP contribution in [0, 0.1) is 3.57 Å². The number of nitrogens with zero attached hydrogens (tertiary/aromatic N) is 1. The summed E-state index contributed by atoms with van der Waals surface area (Å²) in [5.41, 5.74) is 2.38. The molecule has 0 aliphatic carbocycles. The molecule has 1 heterocycles. The van der Waals surface area contributed by atoms with Gasteiger partial charge in [0, 0.05) is 8.59 Å². The summed E-state index contributed by atoms with van der Waals surface area (Å²) in [5.74, 6) is -0.150. The zero-order valence-electron chi connectivity index (χ0n) is 7.91. The largest absolute Gasteiger partial charge is 0.320 e. The lowest BCUT2D eigenvalue weighted by atomic mass is 10.3. The first-order valence-electron chi connectivity index (χ1n) is 4.32. The van der Waals surface area contributed by atoms with Gasteiger partial charge in [0.15, 0.2) is 0 Å². The van der Waals surface area contributed by atoms with E-state index in [2.05, 4.69) is 32.9 Å². The van der Waals surface area contributed by atoms with Gasteiger partial charge in [-0.05, 0) is 40.8 Å². The minimum absolute atomic E-state index is 0.150. The summed E-state index contributed by atoms with van der Waals surface area (Å²) in [7, 11) is 0. The number of halogens is 2. The average Bonchev–Trinajstić information content (AvgIpc) is 2.75. The fourth-order valence-corrected chi connectivity index (χ4v) is 2.62. The molecule has 2 rings (SSSR count). The Hall–Kier alpha value is -0.660. The van der Waals surface area contributed by atoms with Crippen LogP contribution in [0.3, 0.4) is 0 Å². The summed E-state index contributed by atoms with van der Waals surface area (Å²) >= 11 is 9.26. The molecule has 0 bridgehead atoms. The van der Waals surface area contributed by atoms with Crippen LogP contribution >= 0.6 is 45.5 Å². The highest BCUT2D eigenvalue weighted by molar-refractivity contribution is 14.1. The Morgan fingerprint density at radius 2 is 2.31 bits per heavy atom. The molecule has 0 aliphatic rings. The van der Waals surface area contributed by atoms with Crippen LogP contribution in [0.2, 0.25) is 5.02 Å². The van der Waals surface area contributed by atoms with E-state index in [-0.39, 0.29) is 5.91 Å². The molecule has 0 aliphatic heterocycles. The second-order valence-electron chi connectivity index (χ2n) is 2.94. The predicted octanol–water partition coefficient (Wildman–Crippen LogP) is 3.65. The quantitative estimate of drug-likeness (QED) is 0.827. The summed E-state index contributed by atoms with van der Waals surface area (Å²) in [6, 6.07) is 5.32. The molecular formula is C10H6ClIN2OS. The van der Waals surface area contributed by atoms with E-state index in [1.165, 1.54) is 11.3 Å². The van der Waals surface area contributed by atoms with Gasteiger partial charge in [0.05, 0.1) is 17.4 Å². The maximum absolute atomic E-state index is 11.7. The third-order valence-electron chi connectivity index (χ3n) is 1.84. The summed E-state index contributed by atoms with van der Waals surface area (Å²) in [5, 5.41) is 3.46. The number of hydrogen-bond donors (Lipinski definition) is 1. The standard InChI is InChI=1S/C10H6ClIN2OS/c11-6-1-2-8(7(12)3-6)14-10(15)9-4-13-5-16-9/h1-5H,(H,14,15). The van der Waals surface area contributed by atoms with Crippen LogP contribution in [0.25, 0.3) is 0 Å². The third-order valence-corrected chi connectivity index (χ3v) is 3.73. The number of hydrogen-bond acceptors (Lipinski definition) is 3. The zero-order valence-corrected chi connectivity index (χ0v) is 11.6. The summed E-state index contributed by atoms with van der Waals surface area (Å²) in [4.78, 5) is 16.2. The number of thiazole rings is 1. The molecular weight excluding hydrogens is 359 g/mol. The van der Waals surface area contributed by atoms with Gasteiger partial charge in [-0.25, -0.2) is 0 Å². The van der Waals surface area contributed by atoms with Crippen LogP contribution in [0.1, 0.15) is 9.67 Å². The minimum atomic E-state index is -0.150. The van der Waals surface area contributed by atoms with Gasteiger partial charge in [0.25, 0.3) is 5.91 Å². The van der Waals surface area contributed by atoms with Gasteiger partial charge in [0.2, 0.25) is 0 Å². The van der Waals surface area contributed by atoms with Crippen molar-refractivity contribution in [1.29, 1.82) is 0 Å². The Labute approximate surface area is 115 Å². The first kappa shape index (κ1) is 11.8. The summed E-state index contributed by atoms with van der Waals surface area (Å²) < 4.78 is 0.906. The molecule has 1 N–H and O–H groups in total. The van der Waals surface area contributed by atoms with Crippen molar-refractivity contribution in [3.63, 3.8) is 0 Å². The van der Waals surface area contributed by atoms with Crippen LogP contribution in [-0.2, 0) is 0 Å². The van der Waals surface area contributed by atoms with Crippen LogP contribution < -0.4 is 5.32 Å². The number of carbonyl (C=O) groups is 1. The van der Waals surface area contributed by atoms with Gasteiger partial charge in [-0.15, -0.1) is 11.3 Å². The van der Waals surface area contributed by atoms with Gasteiger partial charge in [-0.3, -0.25) is 9.78 Å². The lowest BCUT2D eigenvalue weighted by molar-refractivity contribution is 0.103.